The largest absolute Gasteiger partial charge is 0.343 e. The van der Waals surface area contributed by atoms with Crippen molar-refractivity contribution in [2.75, 3.05) is 26.2 Å². The molecule has 2 saturated heterocycles. The van der Waals surface area contributed by atoms with Crippen molar-refractivity contribution in [3.8, 4) is 0 Å². The van der Waals surface area contributed by atoms with Crippen LogP contribution in [0.15, 0.2) is 12.3 Å². The molecule has 1 unspecified atom stereocenters. The summed E-state index contributed by atoms with van der Waals surface area (Å²) in [5, 5.41) is 0. The van der Waals surface area contributed by atoms with Crippen molar-refractivity contribution in [2.24, 2.45) is 5.92 Å². The Bertz CT molecular complexity index is 596. The van der Waals surface area contributed by atoms with Gasteiger partial charge in [-0.3, -0.25) is 9.59 Å². The van der Waals surface area contributed by atoms with E-state index in [2.05, 4.69) is 9.97 Å². The molecule has 1 aromatic heterocycles. The van der Waals surface area contributed by atoms with Crippen LogP contribution in [0.1, 0.15) is 43.6 Å². The predicted molar refractivity (Wildman–Crippen MR) is 85.7 cm³/mol. The molecule has 3 rings (SSSR count). The number of piperidine rings is 1. The molecule has 0 N–H and O–H groups in total. The third-order valence-corrected chi connectivity index (χ3v) is 4.97. The molecule has 0 radical (unpaired) electrons. The van der Waals surface area contributed by atoms with Crippen LogP contribution in [0.3, 0.4) is 0 Å². The van der Waals surface area contributed by atoms with Crippen LogP contribution in [0.5, 0.6) is 0 Å². The first-order chi connectivity index (χ1) is 11.0. The first-order valence-electron chi connectivity index (χ1n) is 8.38. The lowest BCUT2D eigenvalue weighted by Gasteiger charge is -2.32. The molecule has 2 aliphatic heterocycles. The highest BCUT2D eigenvalue weighted by Gasteiger charge is 2.34. The minimum Gasteiger partial charge on any atom is -0.343 e. The number of carbonyl (C=O) groups excluding carboxylic acids is 2. The number of nitrogens with zero attached hydrogens (tertiary/aromatic N) is 4. The average Bonchev–Trinajstić information content (AvgIpc) is 3.04. The van der Waals surface area contributed by atoms with Gasteiger partial charge in [-0.2, -0.15) is 0 Å². The predicted octanol–water partition coefficient (Wildman–Crippen LogP) is 1.36. The van der Waals surface area contributed by atoms with Crippen LogP contribution < -0.4 is 0 Å². The Balaban J connectivity index is 1.57. The maximum Gasteiger partial charge on any atom is 0.225 e. The molecule has 2 amide bonds. The summed E-state index contributed by atoms with van der Waals surface area (Å²) in [6.45, 7) is 6.46. The van der Waals surface area contributed by atoms with E-state index < -0.39 is 0 Å². The van der Waals surface area contributed by atoms with E-state index >= 15 is 0 Å². The van der Waals surface area contributed by atoms with Gasteiger partial charge in [0, 0.05) is 56.8 Å². The molecule has 2 aliphatic rings. The summed E-state index contributed by atoms with van der Waals surface area (Å²) in [6, 6.07) is 1.89. The van der Waals surface area contributed by atoms with Crippen molar-refractivity contribution in [1.82, 2.24) is 19.8 Å². The second-order valence-corrected chi connectivity index (χ2v) is 6.61. The van der Waals surface area contributed by atoms with E-state index in [1.807, 2.05) is 22.8 Å². The number of carbonyl (C=O) groups is 2. The summed E-state index contributed by atoms with van der Waals surface area (Å²) in [5.74, 6) is 1.50. The summed E-state index contributed by atoms with van der Waals surface area (Å²) < 4.78 is 0. The van der Waals surface area contributed by atoms with Gasteiger partial charge < -0.3 is 9.80 Å². The lowest BCUT2D eigenvalue weighted by molar-refractivity contribution is -0.139. The first kappa shape index (κ1) is 15.9. The van der Waals surface area contributed by atoms with E-state index in [0.717, 1.165) is 43.9 Å². The summed E-state index contributed by atoms with van der Waals surface area (Å²) in [7, 11) is 0. The topological polar surface area (TPSA) is 66.4 Å². The molecule has 0 aromatic carbocycles. The van der Waals surface area contributed by atoms with E-state index in [1.165, 1.54) is 0 Å². The maximum absolute atomic E-state index is 12.7. The van der Waals surface area contributed by atoms with Crippen LogP contribution >= 0.6 is 0 Å². The van der Waals surface area contributed by atoms with Gasteiger partial charge in [-0.05, 0) is 32.3 Å². The van der Waals surface area contributed by atoms with Crippen LogP contribution in [0.2, 0.25) is 0 Å². The maximum atomic E-state index is 12.7. The summed E-state index contributed by atoms with van der Waals surface area (Å²) in [6.07, 6.45) is 4.28. The third-order valence-electron chi connectivity index (χ3n) is 4.97. The van der Waals surface area contributed by atoms with Gasteiger partial charge in [-0.25, -0.2) is 9.97 Å². The number of hydrogen-bond donors (Lipinski definition) is 0. The van der Waals surface area contributed by atoms with Crippen LogP contribution in [0.4, 0.5) is 0 Å². The molecule has 6 nitrogen and oxygen atoms in total. The average molecular weight is 316 g/mol. The molecule has 23 heavy (non-hydrogen) atoms. The molecular formula is C17H24N4O2. The molecule has 0 aliphatic carbocycles. The van der Waals surface area contributed by atoms with Gasteiger partial charge in [-0.1, -0.05) is 0 Å². The minimum atomic E-state index is 0.0581. The zero-order valence-corrected chi connectivity index (χ0v) is 13.9. The lowest BCUT2D eigenvalue weighted by Crippen LogP contribution is -2.43. The molecule has 6 heteroatoms. The normalized spacial score (nSPS) is 22.4. The number of amides is 2. The van der Waals surface area contributed by atoms with Crippen LogP contribution in [-0.2, 0) is 9.59 Å². The number of likely N-dealkylation sites (tertiary alicyclic amines) is 2. The van der Waals surface area contributed by atoms with Gasteiger partial charge in [0.25, 0.3) is 0 Å². The first-order valence-corrected chi connectivity index (χ1v) is 8.38. The van der Waals surface area contributed by atoms with Crippen molar-refractivity contribution in [2.45, 2.75) is 39.0 Å². The van der Waals surface area contributed by atoms with E-state index in [9.17, 15) is 9.59 Å². The van der Waals surface area contributed by atoms with Crippen LogP contribution in [-0.4, -0.2) is 57.8 Å². The van der Waals surface area contributed by atoms with E-state index in [0.29, 0.717) is 13.1 Å². The summed E-state index contributed by atoms with van der Waals surface area (Å²) in [5.41, 5.74) is 0.969. The highest BCUT2D eigenvalue weighted by atomic mass is 16.2. The molecule has 0 saturated carbocycles. The van der Waals surface area contributed by atoms with Crippen molar-refractivity contribution in [3.05, 3.63) is 23.8 Å². The van der Waals surface area contributed by atoms with Gasteiger partial charge >= 0.3 is 0 Å². The lowest BCUT2D eigenvalue weighted by atomic mass is 9.95. The summed E-state index contributed by atoms with van der Waals surface area (Å²) in [4.78, 5) is 36.7. The Morgan fingerprint density at radius 2 is 1.83 bits per heavy atom. The minimum absolute atomic E-state index is 0.0581. The second-order valence-electron chi connectivity index (χ2n) is 6.61. The van der Waals surface area contributed by atoms with Gasteiger partial charge in [0.15, 0.2) is 0 Å². The smallest absolute Gasteiger partial charge is 0.225 e. The van der Waals surface area contributed by atoms with Crippen molar-refractivity contribution >= 4 is 11.8 Å². The van der Waals surface area contributed by atoms with Crippen molar-refractivity contribution in [3.63, 3.8) is 0 Å². The number of rotatable bonds is 2. The molecule has 3 heterocycles. The van der Waals surface area contributed by atoms with Crippen LogP contribution in [0.25, 0.3) is 0 Å². The third kappa shape index (κ3) is 3.51. The van der Waals surface area contributed by atoms with Crippen molar-refractivity contribution in [1.29, 1.82) is 0 Å². The molecule has 2 fully saturated rings. The van der Waals surface area contributed by atoms with Gasteiger partial charge in [0.2, 0.25) is 11.8 Å². The Morgan fingerprint density at radius 3 is 2.48 bits per heavy atom. The van der Waals surface area contributed by atoms with E-state index in [4.69, 9.17) is 0 Å². The fraction of sp³-hybridized carbons (Fsp3) is 0.647. The highest BCUT2D eigenvalue weighted by molar-refractivity contribution is 5.80. The van der Waals surface area contributed by atoms with Crippen LogP contribution in [0, 0.1) is 12.8 Å². The number of aryl methyl sites for hydroxylation is 1. The Hall–Kier alpha value is -1.98. The zero-order chi connectivity index (χ0) is 16.4. The Labute approximate surface area is 136 Å². The fourth-order valence-electron chi connectivity index (χ4n) is 3.54. The van der Waals surface area contributed by atoms with Crippen molar-refractivity contribution < 1.29 is 9.59 Å². The van der Waals surface area contributed by atoms with E-state index in [-0.39, 0.29) is 23.7 Å². The van der Waals surface area contributed by atoms with E-state index in [1.54, 1.807) is 13.1 Å². The molecule has 1 atom stereocenters. The quantitative estimate of drug-likeness (QED) is 0.826. The monoisotopic (exact) mass is 316 g/mol. The second kappa shape index (κ2) is 6.64. The Morgan fingerprint density at radius 1 is 1.13 bits per heavy atom. The van der Waals surface area contributed by atoms with Gasteiger partial charge in [0.1, 0.15) is 5.82 Å². The zero-order valence-electron chi connectivity index (χ0n) is 13.9. The standard InChI is InChI=1S/C17H24N4O2/c1-12-3-7-18-16(19-12)15-6-10-21(11-15)17(23)14-4-8-20(9-5-14)13(2)22/h3,7,14-15H,4-6,8-11H2,1-2H3. The number of hydrogen-bond acceptors (Lipinski definition) is 4. The van der Waals surface area contributed by atoms with Gasteiger partial charge in [-0.15, -0.1) is 0 Å². The molecule has 0 bridgehead atoms. The number of aromatic nitrogens is 2. The fourth-order valence-corrected chi connectivity index (χ4v) is 3.54. The Kier molecular flexibility index (Phi) is 4.59. The molecular weight excluding hydrogens is 292 g/mol. The molecule has 0 spiro atoms. The highest BCUT2D eigenvalue weighted by Crippen LogP contribution is 2.28. The SMILES string of the molecule is CC(=O)N1CCC(C(=O)N2CCC(c3nccc(C)n3)C2)CC1. The molecule has 124 valence electrons. The van der Waals surface area contributed by atoms with Gasteiger partial charge in [0.05, 0.1) is 0 Å². The summed E-state index contributed by atoms with van der Waals surface area (Å²) >= 11 is 0. The molecule has 1 aromatic rings.